The quantitative estimate of drug-likeness (QED) is 0.323. The highest BCUT2D eigenvalue weighted by Gasteiger charge is 2.24. The van der Waals surface area contributed by atoms with Crippen LogP contribution in [0.2, 0.25) is 0 Å². The minimum absolute atomic E-state index is 0.249. The number of rotatable bonds is 9. The Balaban J connectivity index is 1.16. The number of anilines is 1. The Kier molecular flexibility index (Phi) is 9.09. The first-order chi connectivity index (χ1) is 19.0. The van der Waals surface area contributed by atoms with Gasteiger partial charge in [-0.1, -0.05) is 44.2 Å². The Morgan fingerprint density at radius 2 is 1.56 bits per heavy atom. The van der Waals surface area contributed by atoms with Gasteiger partial charge in [0.2, 0.25) is 0 Å². The fraction of sp³-hybridized carbons (Fsp3) is 0.469. The van der Waals surface area contributed by atoms with E-state index in [-0.39, 0.29) is 11.7 Å². The maximum atomic E-state index is 15.0. The molecule has 0 bridgehead atoms. The van der Waals surface area contributed by atoms with Crippen LogP contribution in [-0.4, -0.2) is 55.9 Å². The lowest BCUT2D eigenvalue weighted by Gasteiger charge is -2.34. The minimum atomic E-state index is -0.660. The predicted octanol–water partition coefficient (Wildman–Crippen LogP) is 6.28. The van der Waals surface area contributed by atoms with E-state index in [1.165, 1.54) is 28.8 Å². The fourth-order valence-electron chi connectivity index (χ4n) is 5.49. The van der Waals surface area contributed by atoms with Gasteiger partial charge in [0.25, 0.3) is 0 Å². The van der Waals surface area contributed by atoms with Crippen molar-refractivity contribution in [2.45, 2.75) is 46.1 Å². The number of hydrogen-bond acceptors (Lipinski definition) is 5. The van der Waals surface area contributed by atoms with Crippen molar-refractivity contribution in [2.24, 2.45) is 5.92 Å². The lowest BCUT2D eigenvalue weighted by Crippen LogP contribution is -2.36. The molecule has 0 radical (unpaired) electrons. The number of benzene rings is 2. The number of morpholine rings is 1. The van der Waals surface area contributed by atoms with Crippen LogP contribution >= 0.6 is 0 Å². The maximum Gasteiger partial charge on any atom is 0.190 e. The number of aryl methyl sites for hydroxylation is 2. The molecule has 0 spiro atoms. The summed E-state index contributed by atoms with van der Waals surface area (Å²) in [6.45, 7) is 10.5. The van der Waals surface area contributed by atoms with Gasteiger partial charge < -0.3 is 14.4 Å². The Bertz CT molecular complexity index is 1210. The lowest BCUT2D eigenvalue weighted by atomic mass is 9.97. The second kappa shape index (κ2) is 12.9. The number of aromatic nitrogens is 1. The number of hydrogen-bond donors (Lipinski definition) is 0. The zero-order valence-corrected chi connectivity index (χ0v) is 23.1. The van der Waals surface area contributed by atoms with Crippen molar-refractivity contribution in [2.75, 3.05) is 50.9 Å². The Morgan fingerprint density at radius 3 is 2.21 bits per heavy atom. The zero-order valence-electron chi connectivity index (χ0n) is 23.1. The highest BCUT2D eigenvalue weighted by atomic mass is 19.1. The molecule has 2 fully saturated rings. The summed E-state index contributed by atoms with van der Waals surface area (Å²) in [6.07, 6.45) is 5.71. The Hall–Kier alpha value is -3.03. The van der Waals surface area contributed by atoms with Crippen molar-refractivity contribution < 1.29 is 18.3 Å². The summed E-state index contributed by atoms with van der Waals surface area (Å²) in [7, 11) is 0. The largest absolute Gasteiger partial charge is 0.487 e. The molecule has 2 aliphatic rings. The molecule has 2 saturated heterocycles. The molecule has 2 aromatic carbocycles. The van der Waals surface area contributed by atoms with E-state index < -0.39 is 11.6 Å². The molecule has 39 heavy (non-hydrogen) atoms. The van der Waals surface area contributed by atoms with Gasteiger partial charge in [-0.15, -0.1) is 0 Å². The fourth-order valence-corrected chi connectivity index (χ4v) is 5.49. The van der Waals surface area contributed by atoms with Crippen LogP contribution in [0, 0.1) is 17.6 Å². The van der Waals surface area contributed by atoms with Crippen LogP contribution in [0.1, 0.15) is 43.4 Å². The van der Waals surface area contributed by atoms with E-state index >= 15 is 0 Å². The van der Waals surface area contributed by atoms with Gasteiger partial charge in [0.05, 0.1) is 19.8 Å². The first kappa shape index (κ1) is 27.5. The molecule has 0 aliphatic carbocycles. The molecular weight excluding hydrogens is 496 g/mol. The molecule has 0 N–H and O–H groups in total. The molecule has 3 heterocycles. The van der Waals surface area contributed by atoms with Gasteiger partial charge in [0.15, 0.2) is 17.4 Å². The van der Waals surface area contributed by atoms with E-state index in [2.05, 4.69) is 29.7 Å². The van der Waals surface area contributed by atoms with Crippen molar-refractivity contribution >= 4 is 5.82 Å². The molecule has 208 valence electrons. The molecule has 0 atom stereocenters. The van der Waals surface area contributed by atoms with Gasteiger partial charge in [-0.2, -0.15) is 0 Å². The van der Waals surface area contributed by atoms with Crippen LogP contribution in [0.5, 0.6) is 5.75 Å². The molecule has 0 unspecified atom stereocenters. The minimum Gasteiger partial charge on any atom is -0.487 e. The van der Waals surface area contributed by atoms with E-state index in [4.69, 9.17) is 14.5 Å². The van der Waals surface area contributed by atoms with Gasteiger partial charge in [-0.3, -0.25) is 4.90 Å². The summed E-state index contributed by atoms with van der Waals surface area (Å²) >= 11 is 0. The van der Waals surface area contributed by atoms with E-state index in [0.29, 0.717) is 12.2 Å². The second-order valence-electron chi connectivity index (χ2n) is 10.6. The van der Waals surface area contributed by atoms with Crippen LogP contribution in [0.15, 0.2) is 48.7 Å². The molecule has 7 heteroatoms. The summed E-state index contributed by atoms with van der Waals surface area (Å²) in [6, 6.07) is 12.9. The van der Waals surface area contributed by atoms with Crippen LogP contribution in [0.3, 0.4) is 0 Å². The number of halogens is 2. The van der Waals surface area contributed by atoms with Crippen LogP contribution in [0.4, 0.5) is 14.6 Å². The summed E-state index contributed by atoms with van der Waals surface area (Å²) in [5.74, 6) is -0.287. The monoisotopic (exact) mass is 535 g/mol. The Morgan fingerprint density at radius 1 is 0.872 bits per heavy atom. The van der Waals surface area contributed by atoms with Gasteiger partial charge in [-0.05, 0) is 71.6 Å². The Labute approximate surface area is 230 Å². The predicted molar refractivity (Wildman–Crippen MR) is 151 cm³/mol. The van der Waals surface area contributed by atoms with Gasteiger partial charge in [0, 0.05) is 38.9 Å². The lowest BCUT2D eigenvalue weighted by molar-refractivity contribution is 0.0342. The average Bonchev–Trinajstić information content (AvgIpc) is 2.97. The van der Waals surface area contributed by atoms with E-state index in [1.807, 2.05) is 30.5 Å². The van der Waals surface area contributed by atoms with Gasteiger partial charge >= 0.3 is 0 Å². The first-order valence-electron chi connectivity index (χ1n) is 14.3. The van der Waals surface area contributed by atoms with Crippen molar-refractivity contribution in [3.63, 3.8) is 0 Å². The topological polar surface area (TPSA) is 37.8 Å². The molecule has 0 saturated carbocycles. The van der Waals surface area contributed by atoms with Crippen molar-refractivity contribution in [1.29, 1.82) is 0 Å². The van der Waals surface area contributed by atoms with Crippen molar-refractivity contribution in [1.82, 2.24) is 9.88 Å². The van der Waals surface area contributed by atoms with Gasteiger partial charge in [-0.25, -0.2) is 13.8 Å². The average molecular weight is 536 g/mol. The molecule has 1 aromatic heterocycles. The normalized spacial score (nSPS) is 17.0. The summed E-state index contributed by atoms with van der Waals surface area (Å²) in [5, 5.41) is 0. The molecule has 3 aromatic rings. The van der Waals surface area contributed by atoms with Crippen LogP contribution in [-0.2, 0) is 24.1 Å². The molecular formula is C32H39F2N3O2. The van der Waals surface area contributed by atoms with E-state index in [9.17, 15) is 8.78 Å². The molecule has 5 nitrogen and oxygen atoms in total. The van der Waals surface area contributed by atoms with Crippen LogP contribution in [0.25, 0.3) is 11.1 Å². The third-order valence-electron chi connectivity index (χ3n) is 7.96. The number of pyridine rings is 1. The summed E-state index contributed by atoms with van der Waals surface area (Å²) < 4.78 is 41.1. The SMILES string of the molecule is CCc1cnc(N2CCC(COc3c(F)cc(-c4ccc(CN5CCOCC5)cc4)cc3F)CC2)c(CC)c1. The number of piperidine rings is 1. The zero-order chi connectivity index (χ0) is 27.2. The van der Waals surface area contributed by atoms with E-state index in [0.717, 1.165) is 83.0 Å². The highest BCUT2D eigenvalue weighted by Crippen LogP contribution is 2.31. The molecule has 0 amide bonds. The third kappa shape index (κ3) is 6.76. The van der Waals surface area contributed by atoms with Crippen LogP contribution < -0.4 is 9.64 Å². The molecule has 5 rings (SSSR count). The van der Waals surface area contributed by atoms with Crippen molar-refractivity contribution in [3.8, 4) is 16.9 Å². The summed E-state index contributed by atoms with van der Waals surface area (Å²) in [4.78, 5) is 9.41. The highest BCUT2D eigenvalue weighted by molar-refractivity contribution is 5.65. The summed E-state index contributed by atoms with van der Waals surface area (Å²) in [5.41, 5.74) is 5.00. The molecule has 2 aliphatic heterocycles. The second-order valence-corrected chi connectivity index (χ2v) is 10.6. The maximum absolute atomic E-state index is 15.0. The number of ether oxygens (including phenoxy) is 2. The third-order valence-corrected chi connectivity index (χ3v) is 7.96. The smallest absolute Gasteiger partial charge is 0.190 e. The van der Waals surface area contributed by atoms with E-state index in [1.54, 1.807) is 0 Å². The standard InChI is InChI=1S/C32H39F2N3O2/c1-3-23-17-26(4-2)32(35-20-23)37-11-9-25(10-12-37)22-39-31-29(33)18-28(19-30(31)34)27-7-5-24(6-8-27)21-36-13-15-38-16-14-36/h5-8,17-20,25H,3-4,9-16,21-22H2,1-2H3. The number of nitrogens with zero attached hydrogens (tertiary/aromatic N) is 3. The van der Waals surface area contributed by atoms with Crippen molar-refractivity contribution in [3.05, 3.63) is 77.0 Å². The van der Waals surface area contributed by atoms with Gasteiger partial charge in [0.1, 0.15) is 5.82 Å². The first-order valence-corrected chi connectivity index (χ1v) is 14.3.